The lowest BCUT2D eigenvalue weighted by atomic mass is 9.95. The molecule has 0 aliphatic carbocycles. The minimum Gasteiger partial charge on any atom is -0.351 e. The Bertz CT molecular complexity index is 532. The van der Waals surface area contributed by atoms with Gasteiger partial charge < -0.3 is 10.2 Å². The average molecular weight is 358 g/mol. The van der Waals surface area contributed by atoms with E-state index in [2.05, 4.69) is 34.2 Å². The molecular weight excluding hydrogens is 322 g/mol. The molecule has 2 fully saturated rings. The van der Waals surface area contributed by atoms with Crippen LogP contribution in [0.3, 0.4) is 0 Å². The summed E-state index contributed by atoms with van der Waals surface area (Å²) in [5, 5.41) is 3.09. The highest BCUT2D eigenvalue weighted by Crippen LogP contribution is 2.21. The Labute approximate surface area is 158 Å². The minimum atomic E-state index is -0.0298. The van der Waals surface area contributed by atoms with Gasteiger partial charge in [0.25, 0.3) is 0 Å². The molecule has 1 atom stereocenters. The van der Waals surface area contributed by atoms with Gasteiger partial charge >= 0.3 is 0 Å². The van der Waals surface area contributed by atoms with E-state index in [0.717, 1.165) is 24.6 Å². The summed E-state index contributed by atoms with van der Waals surface area (Å²) in [4.78, 5) is 17.5. The summed E-state index contributed by atoms with van der Waals surface area (Å²) in [5.74, 6) is 0.962. The lowest BCUT2D eigenvalue weighted by molar-refractivity contribution is -0.126. The zero-order valence-electron chi connectivity index (χ0n) is 16.3. The third-order valence-electron chi connectivity index (χ3n) is 6.10. The molecule has 144 valence electrons. The van der Waals surface area contributed by atoms with Gasteiger partial charge in [-0.1, -0.05) is 43.2 Å². The van der Waals surface area contributed by atoms with Gasteiger partial charge in [-0.15, -0.1) is 0 Å². The van der Waals surface area contributed by atoms with Crippen LogP contribution in [-0.4, -0.2) is 54.5 Å². The predicted molar refractivity (Wildman–Crippen MR) is 107 cm³/mol. The molecule has 0 saturated carbocycles. The molecule has 26 heavy (non-hydrogen) atoms. The molecule has 2 aliphatic rings. The molecule has 0 bridgehead atoms. The first-order chi connectivity index (χ1) is 12.7. The molecule has 3 rings (SSSR count). The molecule has 0 radical (unpaired) electrons. The van der Waals surface area contributed by atoms with Crippen LogP contribution in [0.5, 0.6) is 0 Å². The molecule has 2 heterocycles. The summed E-state index contributed by atoms with van der Waals surface area (Å²) >= 11 is 0. The van der Waals surface area contributed by atoms with Crippen LogP contribution in [0.2, 0.25) is 0 Å². The van der Waals surface area contributed by atoms with Crippen molar-refractivity contribution in [1.29, 1.82) is 0 Å². The number of hydrogen-bond acceptors (Lipinski definition) is 3. The predicted octanol–water partition coefficient (Wildman–Crippen LogP) is 3.28. The van der Waals surface area contributed by atoms with E-state index in [1.165, 1.54) is 58.2 Å². The molecule has 4 nitrogen and oxygen atoms in total. The quantitative estimate of drug-likeness (QED) is 0.849. The Morgan fingerprint density at radius 1 is 1.04 bits per heavy atom. The molecule has 1 aromatic rings. The summed E-state index contributed by atoms with van der Waals surface area (Å²) in [6, 6.07) is 10.1. The average Bonchev–Trinajstić information content (AvgIpc) is 2.95. The number of carbonyl (C=O) groups excluding carboxylic acids is 1. The van der Waals surface area contributed by atoms with Gasteiger partial charge in [0.15, 0.2) is 0 Å². The smallest absolute Gasteiger partial charge is 0.237 e. The van der Waals surface area contributed by atoms with E-state index < -0.39 is 0 Å². The van der Waals surface area contributed by atoms with Crippen molar-refractivity contribution in [1.82, 2.24) is 15.1 Å². The highest BCUT2D eigenvalue weighted by Gasteiger charge is 2.27. The molecule has 1 N–H and O–H groups in total. The Morgan fingerprint density at radius 3 is 2.35 bits per heavy atom. The first kappa shape index (κ1) is 19.4. The van der Waals surface area contributed by atoms with Crippen LogP contribution in [-0.2, 0) is 11.3 Å². The van der Waals surface area contributed by atoms with Gasteiger partial charge in [-0.25, -0.2) is 0 Å². The second kappa shape index (κ2) is 10.1. The van der Waals surface area contributed by atoms with E-state index in [4.69, 9.17) is 0 Å². The minimum absolute atomic E-state index is 0.0298. The van der Waals surface area contributed by atoms with Gasteiger partial charge in [0.05, 0.1) is 6.04 Å². The maximum absolute atomic E-state index is 12.5. The van der Waals surface area contributed by atoms with Crippen molar-refractivity contribution in [3.8, 4) is 0 Å². The van der Waals surface area contributed by atoms with Crippen molar-refractivity contribution in [3.05, 3.63) is 35.9 Å². The number of amides is 1. The molecule has 1 aromatic carbocycles. The van der Waals surface area contributed by atoms with Crippen LogP contribution in [0.4, 0.5) is 0 Å². The molecule has 2 aliphatic heterocycles. The fourth-order valence-corrected chi connectivity index (χ4v) is 4.31. The zero-order chi connectivity index (χ0) is 18.2. The SMILES string of the molecule is CC(C(=O)NCc1ccccc1)N1CCC(CN2CCCCCC2)CC1. The first-order valence-electron chi connectivity index (χ1n) is 10.5. The van der Waals surface area contributed by atoms with Crippen molar-refractivity contribution < 1.29 is 4.79 Å². The zero-order valence-corrected chi connectivity index (χ0v) is 16.3. The second-order valence-corrected chi connectivity index (χ2v) is 8.07. The summed E-state index contributed by atoms with van der Waals surface area (Å²) in [7, 11) is 0. The third-order valence-corrected chi connectivity index (χ3v) is 6.10. The van der Waals surface area contributed by atoms with Crippen molar-refractivity contribution in [2.75, 3.05) is 32.7 Å². The van der Waals surface area contributed by atoms with Crippen LogP contribution in [0.15, 0.2) is 30.3 Å². The molecule has 2 saturated heterocycles. The van der Waals surface area contributed by atoms with Crippen molar-refractivity contribution in [3.63, 3.8) is 0 Å². The van der Waals surface area contributed by atoms with Gasteiger partial charge in [0.1, 0.15) is 0 Å². The Kier molecular flexibility index (Phi) is 7.51. The first-order valence-corrected chi connectivity index (χ1v) is 10.5. The maximum Gasteiger partial charge on any atom is 0.237 e. The standard InChI is InChI=1S/C22H35N3O/c1-19(22(26)23-17-20-9-5-4-6-10-20)25-15-11-21(12-16-25)18-24-13-7-2-3-8-14-24/h4-6,9-10,19,21H,2-3,7-8,11-18H2,1H3,(H,23,26). The van der Waals surface area contributed by atoms with Crippen molar-refractivity contribution in [2.24, 2.45) is 5.92 Å². The Morgan fingerprint density at radius 2 is 1.69 bits per heavy atom. The summed E-state index contributed by atoms with van der Waals surface area (Å²) in [6.07, 6.45) is 8.02. The van der Waals surface area contributed by atoms with E-state index in [-0.39, 0.29) is 11.9 Å². The second-order valence-electron chi connectivity index (χ2n) is 8.07. The topological polar surface area (TPSA) is 35.6 Å². The molecule has 1 unspecified atom stereocenters. The molecule has 1 amide bonds. The number of hydrogen-bond donors (Lipinski definition) is 1. The van der Waals surface area contributed by atoms with Gasteiger partial charge in [-0.3, -0.25) is 9.69 Å². The number of benzene rings is 1. The number of rotatable bonds is 6. The highest BCUT2D eigenvalue weighted by molar-refractivity contribution is 5.81. The largest absolute Gasteiger partial charge is 0.351 e. The summed E-state index contributed by atoms with van der Waals surface area (Å²) in [5.41, 5.74) is 1.16. The van der Waals surface area contributed by atoms with E-state index in [1.807, 2.05) is 18.2 Å². The fraction of sp³-hybridized carbons (Fsp3) is 0.682. The molecule has 0 spiro atoms. The van der Waals surface area contributed by atoms with Crippen molar-refractivity contribution >= 4 is 5.91 Å². The third kappa shape index (κ3) is 5.82. The van der Waals surface area contributed by atoms with E-state index in [0.29, 0.717) is 6.54 Å². The van der Waals surface area contributed by atoms with Gasteiger partial charge in [0, 0.05) is 13.1 Å². The number of carbonyl (C=O) groups is 1. The molecule has 4 heteroatoms. The Balaban J connectivity index is 1.38. The van der Waals surface area contributed by atoms with Crippen molar-refractivity contribution in [2.45, 2.75) is 58.0 Å². The number of nitrogens with one attached hydrogen (secondary N) is 1. The van der Waals surface area contributed by atoms with E-state index in [1.54, 1.807) is 0 Å². The van der Waals surface area contributed by atoms with E-state index >= 15 is 0 Å². The summed E-state index contributed by atoms with van der Waals surface area (Å²) < 4.78 is 0. The van der Waals surface area contributed by atoms with Crippen LogP contribution >= 0.6 is 0 Å². The normalized spacial score (nSPS) is 21.9. The number of likely N-dealkylation sites (tertiary alicyclic amines) is 2. The Hall–Kier alpha value is -1.39. The van der Waals surface area contributed by atoms with Gasteiger partial charge in [-0.2, -0.15) is 0 Å². The van der Waals surface area contributed by atoms with Crippen LogP contribution < -0.4 is 5.32 Å². The lowest BCUT2D eigenvalue weighted by Gasteiger charge is -2.37. The number of nitrogens with zero attached hydrogens (tertiary/aromatic N) is 2. The van der Waals surface area contributed by atoms with Gasteiger partial charge in [0.2, 0.25) is 5.91 Å². The van der Waals surface area contributed by atoms with Crippen LogP contribution in [0.25, 0.3) is 0 Å². The van der Waals surface area contributed by atoms with Crippen LogP contribution in [0, 0.1) is 5.92 Å². The van der Waals surface area contributed by atoms with Crippen LogP contribution in [0.1, 0.15) is 51.0 Å². The molecule has 0 aromatic heterocycles. The van der Waals surface area contributed by atoms with E-state index in [9.17, 15) is 4.79 Å². The highest BCUT2D eigenvalue weighted by atomic mass is 16.2. The summed E-state index contributed by atoms with van der Waals surface area (Å²) in [6.45, 7) is 8.63. The number of piperidine rings is 1. The van der Waals surface area contributed by atoms with Gasteiger partial charge in [-0.05, 0) is 70.3 Å². The molecular formula is C22H35N3O. The fourth-order valence-electron chi connectivity index (χ4n) is 4.31. The maximum atomic E-state index is 12.5. The lowest BCUT2D eigenvalue weighted by Crippen LogP contribution is -2.49. The monoisotopic (exact) mass is 357 g/mol.